The molecule has 2 aliphatic rings. The molecular weight excluding hydrogens is 400 g/mol. The maximum absolute atomic E-state index is 12.2. The Morgan fingerprint density at radius 1 is 1.07 bits per heavy atom. The van der Waals surface area contributed by atoms with Crippen LogP contribution in [0.1, 0.15) is 26.2 Å². The Labute approximate surface area is 185 Å². The minimum absolute atomic E-state index is 0.126. The van der Waals surface area contributed by atoms with E-state index in [-0.39, 0.29) is 12.5 Å². The normalized spacial score (nSPS) is 18.0. The number of aliphatic imine (C=N–C) groups is 1. The summed E-state index contributed by atoms with van der Waals surface area (Å²) < 4.78 is 0. The first kappa shape index (κ1) is 22.7. The quantitative estimate of drug-likeness (QED) is 0.372. The highest BCUT2D eigenvalue weighted by Gasteiger charge is 2.19. The summed E-state index contributed by atoms with van der Waals surface area (Å²) in [6.45, 7) is 10.8. The zero-order valence-electron chi connectivity index (χ0n) is 18.1. The van der Waals surface area contributed by atoms with E-state index in [1.807, 2.05) is 30.0 Å². The molecule has 1 aromatic rings. The van der Waals surface area contributed by atoms with Crippen molar-refractivity contribution in [2.45, 2.75) is 26.2 Å². The lowest BCUT2D eigenvalue weighted by Gasteiger charge is -2.36. The summed E-state index contributed by atoms with van der Waals surface area (Å²) in [5, 5.41) is 7.42. The van der Waals surface area contributed by atoms with E-state index in [9.17, 15) is 4.79 Å². The number of benzene rings is 1. The number of likely N-dealkylation sites (tertiary alicyclic amines) is 1. The summed E-state index contributed by atoms with van der Waals surface area (Å²) in [5.74, 6) is 0.856. The van der Waals surface area contributed by atoms with Crippen molar-refractivity contribution in [3.63, 3.8) is 0 Å². The van der Waals surface area contributed by atoms with Gasteiger partial charge in [-0.2, -0.15) is 0 Å². The number of nitrogens with one attached hydrogen (secondary N) is 2. The highest BCUT2D eigenvalue weighted by Crippen LogP contribution is 2.25. The van der Waals surface area contributed by atoms with Crippen LogP contribution in [0.4, 0.5) is 5.69 Å². The fourth-order valence-electron chi connectivity index (χ4n) is 3.98. The van der Waals surface area contributed by atoms with Gasteiger partial charge in [0.1, 0.15) is 6.54 Å². The third kappa shape index (κ3) is 6.77. The fraction of sp³-hybridized carbons (Fsp3) is 0.636. The van der Waals surface area contributed by atoms with E-state index in [1.165, 1.54) is 0 Å². The van der Waals surface area contributed by atoms with Gasteiger partial charge in [0.2, 0.25) is 5.91 Å². The maximum Gasteiger partial charge on any atom is 0.244 e. The fourth-order valence-corrected chi connectivity index (χ4v) is 4.24. The van der Waals surface area contributed by atoms with Crippen LogP contribution in [-0.4, -0.2) is 87.1 Å². The third-order valence-corrected chi connectivity index (χ3v) is 6.00. The van der Waals surface area contributed by atoms with Crippen LogP contribution in [0.15, 0.2) is 29.3 Å². The molecule has 0 spiro atoms. The van der Waals surface area contributed by atoms with E-state index in [2.05, 4.69) is 31.5 Å². The summed E-state index contributed by atoms with van der Waals surface area (Å²) in [5.41, 5.74) is 1.13. The Bertz CT molecular complexity index is 699. The number of anilines is 1. The smallest absolute Gasteiger partial charge is 0.244 e. The van der Waals surface area contributed by atoms with Gasteiger partial charge in [0, 0.05) is 52.4 Å². The second kappa shape index (κ2) is 12.0. The molecule has 0 atom stereocenters. The molecule has 0 aromatic heterocycles. The lowest BCUT2D eigenvalue weighted by molar-refractivity contribution is -0.128. The van der Waals surface area contributed by atoms with Gasteiger partial charge in [-0.3, -0.25) is 9.69 Å². The van der Waals surface area contributed by atoms with Crippen molar-refractivity contribution in [3.8, 4) is 0 Å². The van der Waals surface area contributed by atoms with Gasteiger partial charge < -0.3 is 20.4 Å². The van der Waals surface area contributed by atoms with Gasteiger partial charge in [0.25, 0.3) is 0 Å². The van der Waals surface area contributed by atoms with Crippen LogP contribution >= 0.6 is 11.6 Å². The molecule has 3 rings (SSSR count). The standard InChI is InChI=1S/C22H35ClN6O/c1-2-24-22(26-18-21(30)29-12-5-6-13-29)25-10-7-11-27-14-16-28(17-15-27)20-9-4-3-8-19(20)23/h3-4,8-9H,2,5-7,10-18H2,1H3,(H2,24,25,26). The van der Waals surface area contributed by atoms with Gasteiger partial charge >= 0.3 is 0 Å². The first-order chi connectivity index (χ1) is 14.7. The van der Waals surface area contributed by atoms with E-state index in [0.717, 1.165) is 94.8 Å². The Balaban J connectivity index is 1.34. The van der Waals surface area contributed by atoms with Crippen LogP contribution < -0.4 is 15.5 Å². The monoisotopic (exact) mass is 434 g/mol. The Morgan fingerprint density at radius 3 is 2.50 bits per heavy atom. The number of hydrogen-bond acceptors (Lipinski definition) is 4. The Kier molecular flexibility index (Phi) is 9.08. The van der Waals surface area contributed by atoms with Crippen molar-refractivity contribution in [1.29, 1.82) is 0 Å². The van der Waals surface area contributed by atoms with E-state index in [4.69, 9.17) is 11.6 Å². The second-order valence-electron chi connectivity index (χ2n) is 7.84. The number of carbonyl (C=O) groups is 1. The first-order valence-corrected chi connectivity index (χ1v) is 11.6. The number of amides is 1. The zero-order valence-corrected chi connectivity index (χ0v) is 18.8. The number of piperazine rings is 1. The summed E-state index contributed by atoms with van der Waals surface area (Å²) in [6.07, 6.45) is 3.26. The van der Waals surface area contributed by atoms with Crippen LogP contribution in [0.5, 0.6) is 0 Å². The van der Waals surface area contributed by atoms with Gasteiger partial charge in [-0.1, -0.05) is 23.7 Å². The highest BCUT2D eigenvalue weighted by molar-refractivity contribution is 6.33. The number of halogens is 1. The van der Waals surface area contributed by atoms with Crippen LogP contribution in [-0.2, 0) is 4.79 Å². The molecule has 1 aromatic carbocycles. The van der Waals surface area contributed by atoms with Gasteiger partial charge in [0.15, 0.2) is 5.96 Å². The second-order valence-corrected chi connectivity index (χ2v) is 8.25. The number of carbonyl (C=O) groups excluding carboxylic acids is 1. The zero-order chi connectivity index (χ0) is 21.2. The largest absolute Gasteiger partial charge is 0.368 e. The molecule has 166 valence electrons. The van der Waals surface area contributed by atoms with Crippen molar-refractivity contribution in [3.05, 3.63) is 29.3 Å². The molecule has 0 aliphatic carbocycles. The molecule has 1 amide bonds. The van der Waals surface area contributed by atoms with Gasteiger partial charge in [0.05, 0.1) is 10.7 Å². The van der Waals surface area contributed by atoms with Crippen molar-refractivity contribution < 1.29 is 4.79 Å². The molecule has 8 heteroatoms. The van der Waals surface area contributed by atoms with E-state index in [1.54, 1.807) is 0 Å². The SMILES string of the molecule is CCNC(=NCC(=O)N1CCCC1)NCCCN1CCN(c2ccccc2Cl)CC1. The predicted octanol–water partition coefficient (Wildman–Crippen LogP) is 2.03. The molecule has 0 unspecified atom stereocenters. The number of nitrogens with zero attached hydrogens (tertiary/aromatic N) is 4. The van der Waals surface area contributed by atoms with E-state index in [0.29, 0.717) is 0 Å². The van der Waals surface area contributed by atoms with Crippen LogP contribution in [0.3, 0.4) is 0 Å². The molecule has 2 aliphatic heterocycles. The number of guanidine groups is 1. The Morgan fingerprint density at radius 2 is 1.80 bits per heavy atom. The van der Waals surface area contributed by atoms with Crippen LogP contribution in [0.25, 0.3) is 0 Å². The molecule has 7 nitrogen and oxygen atoms in total. The van der Waals surface area contributed by atoms with Crippen molar-refractivity contribution in [2.75, 3.05) is 70.3 Å². The number of para-hydroxylation sites is 1. The Hall–Kier alpha value is -1.99. The molecule has 30 heavy (non-hydrogen) atoms. The summed E-state index contributed by atoms with van der Waals surface area (Å²) >= 11 is 6.33. The lowest BCUT2D eigenvalue weighted by Crippen LogP contribution is -2.47. The molecule has 2 saturated heterocycles. The van der Waals surface area contributed by atoms with E-state index < -0.39 is 0 Å². The van der Waals surface area contributed by atoms with Crippen molar-refractivity contribution in [2.24, 2.45) is 4.99 Å². The first-order valence-electron chi connectivity index (χ1n) is 11.2. The maximum atomic E-state index is 12.2. The minimum Gasteiger partial charge on any atom is -0.368 e. The average Bonchev–Trinajstić information content (AvgIpc) is 3.31. The van der Waals surface area contributed by atoms with Crippen molar-refractivity contribution >= 4 is 29.2 Å². The van der Waals surface area contributed by atoms with Crippen molar-refractivity contribution in [1.82, 2.24) is 20.4 Å². The predicted molar refractivity (Wildman–Crippen MR) is 125 cm³/mol. The summed E-state index contributed by atoms with van der Waals surface area (Å²) in [6, 6.07) is 8.07. The topological polar surface area (TPSA) is 63.2 Å². The molecule has 2 N–H and O–H groups in total. The molecular formula is C22H35ClN6O. The van der Waals surface area contributed by atoms with Crippen LogP contribution in [0, 0.1) is 0 Å². The molecule has 0 radical (unpaired) electrons. The number of rotatable bonds is 8. The van der Waals surface area contributed by atoms with Gasteiger partial charge in [-0.25, -0.2) is 4.99 Å². The van der Waals surface area contributed by atoms with Gasteiger partial charge in [-0.05, 0) is 44.9 Å². The average molecular weight is 435 g/mol. The van der Waals surface area contributed by atoms with Gasteiger partial charge in [-0.15, -0.1) is 0 Å². The molecule has 2 fully saturated rings. The van der Waals surface area contributed by atoms with Crippen LogP contribution in [0.2, 0.25) is 5.02 Å². The third-order valence-electron chi connectivity index (χ3n) is 5.68. The highest BCUT2D eigenvalue weighted by atomic mass is 35.5. The summed E-state index contributed by atoms with van der Waals surface area (Å²) in [7, 11) is 0. The molecule has 0 saturated carbocycles. The molecule has 0 bridgehead atoms. The molecule has 2 heterocycles. The minimum atomic E-state index is 0.126. The lowest BCUT2D eigenvalue weighted by atomic mass is 10.2. The summed E-state index contributed by atoms with van der Waals surface area (Å²) in [4.78, 5) is 23.4. The number of hydrogen-bond donors (Lipinski definition) is 2. The van der Waals surface area contributed by atoms with E-state index >= 15 is 0 Å².